The van der Waals surface area contributed by atoms with Crippen molar-refractivity contribution in [1.29, 1.82) is 0 Å². The minimum atomic E-state index is 0.154. The van der Waals surface area contributed by atoms with E-state index in [9.17, 15) is 0 Å². The fourth-order valence-electron chi connectivity index (χ4n) is 1.74. The Labute approximate surface area is 116 Å². The number of hydrogen-bond acceptors (Lipinski definition) is 4. The van der Waals surface area contributed by atoms with Crippen molar-refractivity contribution in [3.05, 3.63) is 28.5 Å². The summed E-state index contributed by atoms with van der Waals surface area (Å²) in [4.78, 5) is 4.52. The van der Waals surface area contributed by atoms with Gasteiger partial charge in [0.25, 0.3) is 0 Å². The van der Waals surface area contributed by atoms with Crippen LogP contribution in [0.5, 0.6) is 5.75 Å². The smallest absolute Gasteiger partial charge is 0.157 e. The van der Waals surface area contributed by atoms with E-state index in [0.717, 1.165) is 22.9 Å². The third-order valence-corrected chi connectivity index (χ3v) is 3.85. The lowest BCUT2D eigenvalue weighted by Gasteiger charge is -2.12. The van der Waals surface area contributed by atoms with Crippen LogP contribution >= 0.6 is 22.9 Å². The summed E-state index contributed by atoms with van der Waals surface area (Å²) in [6, 6.07) is 0.154. The molecule has 2 aromatic heterocycles. The Morgan fingerprint density at radius 1 is 1.50 bits per heavy atom. The topological polar surface area (TPSA) is 39.9 Å². The van der Waals surface area contributed by atoms with Gasteiger partial charge in [0.1, 0.15) is 11.0 Å². The van der Waals surface area contributed by atoms with Crippen LogP contribution in [0.15, 0.2) is 17.8 Å². The van der Waals surface area contributed by atoms with E-state index >= 15 is 0 Å². The summed E-state index contributed by atoms with van der Waals surface area (Å²) >= 11 is 7.41. The van der Waals surface area contributed by atoms with Gasteiger partial charge in [0.2, 0.25) is 0 Å². The van der Waals surface area contributed by atoms with Gasteiger partial charge >= 0.3 is 0 Å². The molecule has 0 aromatic carbocycles. The summed E-state index contributed by atoms with van der Waals surface area (Å²) in [6.07, 6.45) is 4.59. The predicted molar refractivity (Wildman–Crippen MR) is 73.5 cm³/mol. The lowest BCUT2D eigenvalue weighted by Crippen LogP contribution is -2.10. The first kappa shape index (κ1) is 13.4. The first-order valence-electron chi connectivity index (χ1n) is 5.95. The standard InChI is InChI=1S/C12H16ClN3OS/c1-3-11(12-15-9(5-13)8-18-12)16-7-10(6-14-16)17-4-2/h6-8,11H,3-5H2,1-2H3. The van der Waals surface area contributed by atoms with Crippen molar-refractivity contribution in [3.63, 3.8) is 0 Å². The molecule has 0 aliphatic heterocycles. The average Bonchev–Trinajstić information content (AvgIpc) is 3.01. The fraction of sp³-hybridized carbons (Fsp3) is 0.500. The van der Waals surface area contributed by atoms with E-state index in [-0.39, 0.29) is 6.04 Å². The molecule has 2 rings (SSSR count). The molecule has 98 valence electrons. The summed E-state index contributed by atoms with van der Waals surface area (Å²) in [6.45, 7) is 4.73. The minimum absolute atomic E-state index is 0.154. The highest BCUT2D eigenvalue weighted by atomic mass is 35.5. The second-order valence-electron chi connectivity index (χ2n) is 3.82. The number of nitrogens with zero attached hydrogens (tertiary/aromatic N) is 3. The van der Waals surface area contributed by atoms with Gasteiger partial charge in [0, 0.05) is 5.38 Å². The lowest BCUT2D eigenvalue weighted by molar-refractivity contribution is 0.339. The maximum absolute atomic E-state index is 5.78. The molecule has 6 heteroatoms. The van der Waals surface area contributed by atoms with E-state index in [1.807, 2.05) is 23.2 Å². The summed E-state index contributed by atoms with van der Waals surface area (Å²) in [5.41, 5.74) is 0.923. The number of alkyl halides is 1. The highest BCUT2D eigenvalue weighted by Crippen LogP contribution is 2.26. The monoisotopic (exact) mass is 285 g/mol. The summed E-state index contributed by atoms with van der Waals surface area (Å²) in [5.74, 6) is 1.25. The average molecular weight is 286 g/mol. The zero-order valence-electron chi connectivity index (χ0n) is 10.5. The van der Waals surface area contributed by atoms with Crippen LogP contribution in [-0.2, 0) is 5.88 Å². The number of rotatable bonds is 6. The molecule has 0 saturated carbocycles. The predicted octanol–water partition coefficient (Wildman–Crippen LogP) is 3.48. The van der Waals surface area contributed by atoms with Crippen LogP contribution in [0.4, 0.5) is 0 Å². The molecule has 2 aromatic rings. The largest absolute Gasteiger partial charge is 0.491 e. The molecule has 2 heterocycles. The molecule has 0 amide bonds. The maximum Gasteiger partial charge on any atom is 0.157 e. The van der Waals surface area contributed by atoms with Gasteiger partial charge in [-0.15, -0.1) is 22.9 Å². The van der Waals surface area contributed by atoms with Gasteiger partial charge in [0.15, 0.2) is 5.75 Å². The molecule has 0 aliphatic carbocycles. The first-order chi connectivity index (χ1) is 8.78. The summed E-state index contributed by atoms with van der Waals surface area (Å²) < 4.78 is 7.33. The molecule has 0 bridgehead atoms. The number of thiazole rings is 1. The van der Waals surface area contributed by atoms with Gasteiger partial charge in [-0.2, -0.15) is 5.10 Å². The maximum atomic E-state index is 5.78. The molecule has 0 radical (unpaired) electrons. The number of hydrogen-bond donors (Lipinski definition) is 0. The lowest BCUT2D eigenvalue weighted by atomic mass is 10.2. The van der Waals surface area contributed by atoms with E-state index < -0.39 is 0 Å². The molecule has 0 N–H and O–H groups in total. The highest BCUT2D eigenvalue weighted by Gasteiger charge is 2.17. The SMILES string of the molecule is CCOc1cnn(C(CC)c2nc(CCl)cs2)c1. The van der Waals surface area contributed by atoms with Crippen molar-refractivity contribution in [2.24, 2.45) is 0 Å². The van der Waals surface area contributed by atoms with Crippen LogP contribution in [0.1, 0.15) is 37.0 Å². The van der Waals surface area contributed by atoms with Crippen molar-refractivity contribution < 1.29 is 4.74 Å². The van der Waals surface area contributed by atoms with Crippen LogP contribution in [0.25, 0.3) is 0 Å². The van der Waals surface area contributed by atoms with Crippen LogP contribution in [0.2, 0.25) is 0 Å². The zero-order chi connectivity index (χ0) is 13.0. The first-order valence-corrected chi connectivity index (χ1v) is 7.37. The molecule has 4 nitrogen and oxygen atoms in total. The normalized spacial score (nSPS) is 12.6. The Balaban J connectivity index is 2.21. The van der Waals surface area contributed by atoms with Crippen LogP contribution < -0.4 is 4.74 Å². The van der Waals surface area contributed by atoms with Crippen LogP contribution in [-0.4, -0.2) is 21.4 Å². The molecule has 18 heavy (non-hydrogen) atoms. The van der Waals surface area contributed by atoms with Gasteiger partial charge in [-0.3, -0.25) is 4.68 Å². The quantitative estimate of drug-likeness (QED) is 0.763. The molecule has 1 unspecified atom stereocenters. The van der Waals surface area contributed by atoms with Gasteiger partial charge in [0.05, 0.1) is 30.6 Å². The van der Waals surface area contributed by atoms with Gasteiger partial charge in [-0.25, -0.2) is 4.98 Å². The number of halogens is 1. The summed E-state index contributed by atoms with van der Waals surface area (Å²) in [5, 5.41) is 7.38. The Bertz CT molecular complexity index is 497. The molecule has 0 aliphatic rings. The summed E-state index contributed by atoms with van der Waals surface area (Å²) in [7, 11) is 0. The van der Waals surface area contributed by atoms with Gasteiger partial charge in [-0.1, -0.05) is 6.92 Å². The molecule has 0 spiro atoms. The zero-order valence-corrected chi connectivity index (χ0v) is 12.0. The molecular formula is C12H16ClN3OS. The molecular weight excluding hydrogens is 270 g/mol. The van der Waals surface area contributed by atoms with Gasteiger partial charge < -0.3 is 4.74 Å². The van der Waals surface area contributed by atoms with E-state index in [0.29, 0.717) is 12.5 Å². The highest BCUT2D eigenvalue weighted by molar-refractivity contribution is 7.09. The van der Waals surface area contributed by atoms with Gasteiger partial charge in [-0.05, 0) is 13.3 Å². The Hall–Kier alpha value is -1.07. The second kappa shape index (κ2) is 6.20. The Morgan fingerprint density at radius 3 is 2.94 bits per heavy atom. The Kier molecular flexibility index (Phi) is 4.60. The van der Waals surface area contributed by atoms with E-state index in [1.54, 1.807) is 17.5 Å². The van der Waals surface area contributed by atoms with Crippen molar-refractivity contribution in [3.8, 4) is 5.75 Å². The number of ether oxygens (including phenoxy) is 1. The second-order valence-corrected chi connectivity index (χ2v) is 4.98. The molecule has 0 fully saturated rings. The number of aromatic nitrogens is 3. The van der Waals surface area contributed by atoms with E-state index in [2.05, 4.69) is 17.0 Å². The Morgan fingerprint density at radius 2 is 2.33 bits per heavy atom. The third kappa shape index (κ3) is 2.84. The van der Waals surface area contributed by atoms with E-state index in [4.69, 9.17) is 16.3 Å². The van der Waals surface area contributed by atoms with Crippen molar-refractivity contribution in [1.82, 2.24) is 14.8 Å². The van der Waals surface area contributed by atoms with Crippen LogP contribution in [0, 0.1) is 0 Å². The third-order valence-electron chi connectivity index (χ3n) is 2.59. The van der Waals surface area contributed by atoms with E-state index in [1.165, 1.54) is 0 Å². The van der Waals surface area contributed by atoms with Crippen molar-refractivity contribution in [2.45, 2.75) is 32.2 Å². The minimum Gasteiger partial charge on any atom is -0.491 e. The van der Waals surface area contributed by atoms with Crippen molar-refractivity contribution in [2.75, 3.05) is 6.61 Å². The van der Waals surface area contributed by atoms with Crippen LogP contribution in [0.3, 0.4) is 0 Å². The molecule has 0 saturated heterocycles. The van der Waals surface area contributed by atoms with Crippen molar-refractivity contribution >= 4 is 22.9 Å². The fourth-order valence-corrected chi connectivity index (χ4v) is 2.97. The molecule has 1 atom stereocenters.